The maximum atomic E-state index is 13.1. The normalized spacial score (nSPS) is 12.5. The predicted octanol–water partition coefficient (Wildman–Crippen LogP) is 1.84. The van der Waals surface area contributed by atoms with Gasteiger partial charge < -0.3 is 10.4 Å². The third kappa shape index (κ3) is 3.97. The highest BCUT2D eigenvalue weighted by Gasteiger charge is 2.07. The van der Waals surface area contributed by atoms with Crippen LogP contribution in [0, 0.1) is 5.82 Å². The minimum Gasteiger partial charge on any atom is -0.391 e. The quantitative estimate of drug-likeness (QED) is 0.762. The van der Waals surface area contributed by atoms with Crippen molar-refractivity contribution in [2.24, 2.45) is 0 Å². The molecule has 15 heavy (non-hydrogen) atoms. The fourth-order valence-electron chi connectivity index (χ4n) is 1.12. The lowest BCUT2D eigenvalue weighted by Crippen LogP contribution is -2.20. The molecule has 84 valence electrons. The summed E-state index contributed by atoms with van der Waals surface area (Å²) < 4.78 is 13.1. The van der Waals surface area contributed by atoms with Crippen molar-refractivity contribution in [3.63, 3.8) is 0 Å². The van der Waals surface area contributed by atoms with Gasteiger partial charge in [0.1, 0.15) is 0 Å². The summed E-state index contributed by atoms with van der Waals surface area (Å²) in [5.41, 5.74) is 0. The summed E-state index contributed by atoms with van der Waals surface area (Å²) in [5, 5.41) is 12.1. The Morgan fingerprint density at radius 3 is 3.07 bits per heavy atom. The molecule has 0 spiro atoms. The Morgan fingerprint density at radius 1 is 1.67 bits per heavy atom. The number of halogens is 2. The molecule has 1 aromatic rings. The minimum absolute atomic E-state index is 0.0187. The molecule has 0 fully saturated rings. The molecule has 1 aromatic heterocycles. The number of aliphatic hydroxyl groups excluding tert-OH is 1. The zero-order valence-corrected chi connectivity index (χ0v) is 9.13. The number of hydrogen-bond acceptors (Lipinski definition) is 4. The van der Waals surface area contributed by atoms with Crippen molar-refractivity contribution in [2.45, 2.75) is 25.9 Å². The smallest absolute Gasteiger partial charge is 0.224 e. The molecule has 2 N–H and O–H groups in total. The van der Waals surface area contributed by atoms with Crippen LogP contribution >= 0.6 is 11.6 Å². The van der Waals surface area contributed by atoms with Crippen LogP contribution in [-0.2, 0) is 0 Å². The number of aromatic nitrogens is 2. The maximum absolute atomic E-state index is 13.1. The first-order chi connectivity index (χ1) is 7.13. The largest absolute Gasteiger partial charge is 0.391 e. The summed E-state index contributed by atoms with van der Waals surface area (Å²) in [5.74, 6) is -0.562. The van der Waals surface area contributed by atoms with E-state index in [2.05, 4.69) is 15.3 Å². The van der Waals surface area contributed by atoms with E-state index in [0.29, 0.717) is 6.42 Å². The van der Waals surface area contributed by atoms with Gasteiger partial charge in [-0.3, -0.25) is 0 Å². The van der Waals surface area contributed by atoms with E-state index in [1.807, 2.05) is 6.92 Å². The van der Waals surface area contributed by atoms with Gasteiger partial charge in [0.05, 0.1) is 12.3 Å². The molecule has 1 heterocycles. The van der Waals surface area contributed by atoms with Gasteiger partial charge in [-0.25, -0.2) is 9.37 Å². The van der Waals surface area contributed by atoms with Crippen LogP contribution < -0.4 is 5.32 Å². The lowest BCUT2D eigenvalue weighted by molar-refractivity contribution is 0.176. The van der Waals surface area contributed by atoms with Gasteiger partial charge in [-0.15, -0.1) is 0 Å². The van der Waals surface area contributed by atoms with Crippen LogP contribution in [0.15, 0.2) is 6.20 Å². The molecule has 4 nitrogen and oxygen atoms in total. The van der Waals surface area contributed by atoms with Crippen LogP contribution in [0.25, 0.3) is 0 Å². The third-order valence-corrected chi connectivity index (χ3v) is 2.02. The molecule has 0 aromatic carbocycles. The maximum Gasteiger partial charge on any atom is 0.224 e. The van der Waals surface area contributed by atoms with Crippen LogP contribution in [0.4, 0.5) is 10.2 Å². The van der Waals surface area contributed by atoms with Crippen LogP contribution in [-0.4, -0.2) is 27.7 Å². The first-order valence-corrected chi connectivity index (χ1v) is 5.11. The van der Waals surface area contributed by atoms with E-state index in [1.165, 1.54) is 0 Å². The number of aliphatic hydroxyl groups is 1. The van der Waals surface area contributed by atoms with E-state index >= 15 is 0 Å². The molecule has 0 aliphatic rings. The Morgan fingerprint density at radius 2 is 2.40 bits per heavy atom. The molecule has 0 bridgehead atoms. The summed E-state index contributed by atoms with van der Waals surface area (Å²) in [7, 11) is 0. The number of anilines is 1. The summed E-state index contributed by atoms with van der Waals surface area (Å²) >= 11 is 5.50. The van der Waals surface area contributed by atoms with Crippen molar-refractivity contribution in [3.8, 4) is 0 Å². The van der Waals surface area contributed by atoms with Crippen LogP contribution in [0.5, 0.6) is 0 Å². The van der Waals surface area contributed by atoms with E-state index in [0.717, 1.165) is 12.6 Å². The summed E-state index contributed by atoms with van der Waals surface area (Å²) in [6, 6.07) is 0. The van der Waals surface area contributed by atoms with Gasteiger partial charge in [0.15, 0.2) is 11.6 Å². The standard InChI is InChI=1S/C9H13ClFN3O/c1-2-3-6(15)4-12-8-7(11)5-13-9(10)14-8/h5-6,15H,2-4H2,1H3,(H,12,13,14). The van der Waals surface area contributed by atoms with Gasteiger partial charge in [0.25, 0.3) is 0 Å². The van der Waals surface area contributed by atoms with Gasteiger partial charge in [0, 0.05) is 6.54 Å². The second kappa shape index (κ2) is 5.82. The van der Waals surface area contributed by atoms with Crippen molar-refractivity contribution in [1.82, 2.24) is 9.97 Å². The first-order valence-electron chi connectivity index (χ1n) is 4.73. The molecule has 0 saturated carbocycles. The Bertz CT molecular complexity index is 324. The topological polar surface area (TPSA) is 58.0 Å². The molecule has 1 atom stereocenters. The van der Waals surface area contributed by atoms with E-state index in [9.17, 15) is 9.50 Å². The second-order valence-electron chi connectivity index (χ2n) is 3.16. The van der Waals surface area contributed by atoms with Crippen molar-refractivity contribution in [3.05, 3.63) is 17.3 Å². The zero-order valence-electron chi connectivity index (χ0n) is 8.37. The molecule has 1 unspecified atom stereocenters. The molecule has 6 heteroatoms. The number of hydrogen-bond donors (Lipinski definition) is 2. The van der Waals surface area contributed by atoms with Crippen LogP contribution in [0.2, 0.25) is 5.28 Å². The van der Waals surface area contributed by atoms with E-state index < -0.39 is 11.9 Å². The fourth-order valence-corrected chi connectivity index (χ4v) is 1.25. The highest BCUT2D eigenvalue weighted by molar-refractivity contribution is 6.28. The summed E-state index contributed by atoms with van der Waals surface area (Å²) in [4.78, 5) is 7.14. The molecule has 0 aliphatic heterocycles. The molecule has 0 aliphatic carbocycles. The molecular formula is C9H13ClFN3O. The van der Waals surface area contributed by atoms with E-state index in [-0.39, 0.29) is 17.6 Å². The molecule has 0 radical (unpaired) electrons. The van der Waals surface area contributed by atoms with Gasteiger partial charge in [-0.2, -0.15) is 4.98 Å². The Labute approximate surface area is 92.5 Å². The minimum atomic E-state index is -0.580. The Balaban J connectivity index is 2.53. The average molecular weight is 234 g/mol. The molecule has 0 amide bonds. The van der Waals surface area contributed by atoms with Gasteiger partial charge in [-0.1, -0.05) is 13.3 Å². The van der Waals surface area contributed by atoms with Crippen molar-refractivity contribution >= 4 is 17.4 Å². The fraction of sp³-hybridized carbons (Fsp3) is 0.556. The van der Waals surface area contributed by atoms with Crippen molar-refractivity contribution < 1.29 is 9.50 Å². The van der Waals surface area contributed by atoms with Crippen molar-refractivity contribution in [1.29, 1.82) is 0 Å². The molecular weight excluding hydrogens is 221 g/mol. The van der Waals surface area contributed by atoms with E-state index in [1.54, 1.807) is 0 Å². The number of rotatable bonds is 5. The Kier molecular flexibility index (Phi) is 4.71. The van der Waals surface area contributed by atoms with Crippen LogP contribution in [0.3, 0.4) is 0 Å². The summed E-state index contributed by atoms with van der Waals surface area (Å²) in [6.45, 7) is 2.21. The van der Waals surface area contributed by atoms with Gasteiger partial charge in [-0.05, 0) is 18.0 Å². The third-order valence-electron chi connectivity index (χ3n) is 1.84. The highest BCUT2D eigenvalue weighted by atomic mass is 35.5. The van der Waals surface area contributed by atoms with Crippen LogP contribution in [0.1, 0.15) is 19.8 Å². The first kappa shape index (κ1) is 12.1. The second-order valence-corrected chi connectivity index (χ2v) is 3.50. The predicted molar refractivity (Wildman–Crippen MR) is 56.4 cm³/mol. The number of nitrogens with one attached hydrogen (secondary N) is 1. The van der Waals surface area contributed by atoms with Gasteiger partial charge in [0.2, 0.25) is 5.28 Å². The zero-order chi connectivity index (χ0) is 11.3. The Hall–Kier alpha value is -0.940. The van der Waals surface area contributed by atoms with Crippen molar-refractivity contribution in [2.75, 3.05) is 11.9 Å². The lowest BCUT2D eigenvalue weighted by Gasteiger charge is -2.11. The SMILES string of the molecule is CCCC(O)CNc1nc(Cl)ncc1F. The number of nitrogens with zero attached hydrogens (tertiary/aromatic N) is 2. The highest BCUT2D eigenvalue weighted by Crippen LogP contribution is 2.12. The monoisotopic (exact) mass is 233 g/mol. The lowest BCUT2D eigenvalue weighted by atomic mass is 10.2. The molecule has 1 rings (SSSR count). The molecule has 0 saturated heterocycles. The van der Waals surface area contributed by atoms with E-state index in [4.69, 9.17) is 11.6 Å². The van der Waals surface area contributed by atoms with Gasteiger partial charge >= 0.3 is 0 Å². The summed E-state index contributed by atoms with van der Waals surface area (Å²) in [6.07, 6.45) is 2.01. The average Bonchev–Trinajstić information content (AvgIpc) is 2.20.